The summed E-state index contributed by atoms with van der Waals surface area (Å²) in [5.74, 6) is -1.88. The van der Waals surface area contributed by atoms with Crippen molar-refractivity contribution in [2.75, 3.05) is 0 Å². The Bertz CT molecular complexity index is 430. The molecule has 0 bridgehead atoms. The molecule has 1 aromatic rings. The van der Waals surface area contributed by atoms with Gasteiger partial charge in [-0.3, -0.25) is 4.79 Å². The number of aliphatic carboxylic acids is 1. The molecule has 4 N–H and O–H groups in total. The Morgan fingerprint density at radius 3 is 3.45 bits per heavy atom. The lowest BCUT2D eigenvalue weighted by Crippen LogP contribution is -2.32. The SMILES string of the molecule is [2H]c1nc([2H])c(C([2H])([2H])[C@]([2H])(N)C(=O)O)[nH]1. The lowest BCUT2D eigenvalue weighted by molar-refractivity contribution is -0.138. The largest absolute Gasteiger partial charge is 0.480 e. The van der Waals surface area contributed by atoms with Gasteiger partial charge in [-0.25, -0.2) is 4.98 Å². The number of aromatic nitrogens is 2. The number of hydrogen-bond donors (Lipinski definition) is 3. The Kier molecular flexibility index (Phi) is 0.963. The number of H-pyrrole nitrogens is 1. The third-order valence-corrected chi connectivity index (χ3v) is 0.895. The first-order valence-corrected chi connectivity index (χ1v) is 2.66. The summed E-state index contributed by atoms with van der Waals surface area (Å²) in [6, 6.07) is -2.97. The van der Waals surface area contributed by atoms with Crippen molar-refractivity contribution in [3.05, 3.63) is 18.2 Å². The van der Waals surface area contributed by atoms with Gasteiger partial charge in [-0.2, -0.15) is 0 Å². The van der Waals surface area contributed by atoms with Crippen LogP contribution in [0.4, 0.5) is 0 Å². The van der Waals surface area contributed by atoms with E-state index in [1.807, 2.05) is 0 Å². The molecule has 1 aromatic heterocycles. The Labute approximate surface area is 70.3 Å². The fourth-order valence-electron chi connectivity index (χ4n) is 0.443. The molecule has 11 heavy (non-hydrogen) atoms. The maximum absolute atomic E-state index is 10.7. The van der Waals surface area contributed by atoms with Crippen LogP contribution in [0.2, 0.25) is 0 Å². The predicted octanol–water partition coefficient (Wildman–Crippen LogP) is -0.636. The number of imidazole rings is 1. The third kappa shape index (κ3) is 2.05. The standard InChI is InChI=1S/C6H9N3O2/c7-5(6(10)11)1-4-2-8-3-9-4/h2-3,5H,1,7H2,(H,8,9)(H,10,11)/t5-/m0/s1/i1D2,2D,3D,5D. The number of carbonyl (C=O) groups is 1. The van der Waals surface area contributed by atoms with Crippen LogP contribution < -0.4 is 5.73 Å². The van der Waals surface area contributed by atoms with Crippen molar-refractivity contribution in [2.45, 2.75) is 12.4 Å². The topological polar surface area (TPSA) is 92.0 Å². The number of carboxylic acids is 1. The average molecular weight is 160 g/mol. The average Bonchev–Trinajstić information content (AvgIpc) is 2.45. The number of nitrogens with two attached hydrogens (primary N) is 1. The molecule has 0 spiro atoms. The van der Waals surface area contributed by atoms with Crippen molar-refractivity contribution in [2.24, 2.45) is 5.73 Å². The molecule has 0 aliphatic rings. The first-order chi connectivity index (χ1) is 7.10. The van der Waals surface area contributed by atoms with Gasteiger partial charge >= 0.3 is 5.97 Å². The van der Waals surface area contributed by atoms with Gasteiger partial charge in [0.25, 0.3) is 0 Å². The maximum atomic E-state index is 10.7. The quantitative estimate of drug-likeness (QED) is 0.548. The molecular formula is C6H9N3O2. The van der Waals surface area contributed by atoms with E-state index in [2.05, 4.69) is 9.97 Å². The molecule has 0 aromatic carbocycles. The van der Waals surface area contributed by atoms with Crippen molar-refractivity contribution < 1.29 is 16.8 Å². The first kappa shape index (κ1) is 3.36. The zero-order chi connectivity index (χ0) is 12.7. The summed E-state index contributed by atoms with van der Waals surface area (Å²) in [6.45, 7) is 0. The maximum Gasteiger partial charge on any atom is 0.320 e. The minimum Gasteiger partial charge on any atom is -0.480 e. The summed E-state index contributed by atoms with van der Waals surface area (Å²) in [4.78, 5) is 16.0. The Balaban J connectivity index is 3.31. The van der Waals surface area contributed by atoms with Crippen LogP contribution in [0.1, 0.15) is 12.5 Å². The molecule has 0 radical (unpaired) electrons. The number of aromatic amines is 1. The summed E-state index contributed by atoms with van der Waals surface area (Å²) in [6.07, 6.45) is -3.99. The van der Waals surface area contributed by atoms with Crippen LogP contribution in [-0.4, -0.2) is 27.1 Å². The van der Waals surface area contributed by atoms with E-state index in [4.69, 9.17) is 17.7 Å². The highest BCUT2D eigenvalue weighted by Gasteiger charge is 2.11. The molecular weight excluding hydrogens is 146 g/mol. The lowest BCUT2D eigenvalue weighted by atomic mass is 10.2. The monoisotopic (exact) mass is 160 g/mol. The number of carboxylic acid groups (broad SMARTS) is 1. The van der Waals surface area contributed by atoms with Crippen LogP contribution in [-0.2, 0) is 11.2 Å². The van der Waals surface area contributed by atoms with Crippen molar-refractivity contribution in [3.8, 4) is 0 Å². The Hall–Kier alpha value is -1.36. The van der Waals surface area contributed by atoms with Crippen LogP contribution in [0.3, 0.4) is 0 Å². The molecule has 1 rings (SSSR count). The molecule has 0 unspecified atom stereocenters. The number of nitrogens with one attached hydrogen (secondary N) is 1. The minimum absolute atomic E-state index is 0.495. The molecule has 5 heteroatoms. The Morgan fingerprint density at radius 2 is 3.00 bits per heavy atom. The van der Waals surface area contributed by atoms with Gasteiger partial charge in [0.2, 0.25) is 0 Å². The summed E-state index contributed by atoms with van der Waals surface area (Å²) in [5.41, 5.74) is 4.45. The van der Waals surface area contributed by atoms with Gasteiger partial charge < -0.3 is 15.8 Å². The van der Waals surface area contributed by atoms with Gasteiger partial charge in [-0.15, -0.1) is 0 Å². The highest BCUT2D eigenvalue weighted by Crippen LogP contribution is 1.95. The second kappa shape index (κ2) is 3.16. The third-order valence-electron chi connectivity index (χ3n) is 0.895. The number of rotatable bonds is 3. The van der Waals surface area contributed by atoms with Gasteiger partial charge in [0.15, 0.2) is 0 Å². The summed E-state index contributed by atoms with van der Waals surface area (Å²) < 4.78 is 36.4. The van der Waals surface area contributed by atoms with E-state index in [0.29, 0.717) is 0 Å². The van der Waals surface area contributed by atoms with Gasteiger partial charge in [-0.05, 0) is 0 Å². The van der Waals surface area contributed by atoms with Gasteiger partial charge in [0, 0.05) is 21.0 Å². The van der Waals surface area contributed by atoms with E-state index in [9.17, 15) is 4.79 Å². The van der Waals surface area contributed by atoms with Crippen molar-refractivity contribution in [1.29, 1.82) is 0 Å². The van der Waals surface area contributed by atoms with Crippen molar-refractivity contribution >= 4 is 5.97 Å². The molecule has 0 fully saturated rings. The van der Waals surface area contributed by atoms with Gasteiger partial charge in [-0.1, -0.05) is 0 Å². The predicted molar refractivity (Wildman–Crippen MR) is 37.9 cm³/mol. The van der Waals surface area contributed by atoms with Gasteiger partial charge in [0.1, 0.15) is 7.39 Å². The highest BCUT2D eigenvalue weighted by molar-refractivity contribution is 5.73. The smallest absolute Gasteiger partial charge is 0.320 e. The molecule has 5 nitrogen and oxygen atoms in total. The number of hydrogen-bond acceptors (Lipinski definition) is 3. The highest BCUT2D eigenvalue weighted by atomic mass is 16.4. The molecule has 0 amide bonds. The van der Waals surface area contributed by atoms with Crippen molar-refractivity contribution in [3.63, 3.8) is 0 Å². The van der Waals surface area contributed by atoms with Crippen LogP contribution in [0.15, 0.2) is 12.5 Å². The van der Waals surface area contributed by atoms with E-state index in [-0.39, 0.29) is 0 Å². The minimum atomic E-state index is -2.97. The molecule has 0 aliphatic heterocycles. The summed E-state index contributed by atoms with van der Waals surface area (Å²) in [5, 5.41) is 8.64. The van der Waals surface area contributed by atoms with E-state index in [1.165, 1.54) is 0 Å². The van der Waals surface area contributed by atoms with E-state index < -0.39 is 36.5 Å². The zero-order valence-electron chi connectivity index (χ0n) is 10.4. The van der Waals surface area contributed by atoms with Crippen LogP contribution in [0.5, 0.6) is 0 Å². The summed E-state index contributed by atoms with van der Waals surface area (Å²) >= 11 is 0. The van der Waals surface area contributed by atoms with E-state index in [1.54, 1.807) is 0 Å². The van der Waals surface area contributed by atoms with E-state index in [0.717, 1.165) is 0 Å². The summed E-state index contributed by atoms with van der Waals surface area (Å²) in [7, 11) is 0. The zero-order valence-corrected chi connectivity index (χ0v) is 5.38. The molecule has 0 saturated carbocycles. The van der Waals surface area contributed by atoms with Crippen molar-refractivity contribution in [1.82, 2.24) is 9.97 Å². The second-order valence-electron chi connectivity index (χ2n) is 1.68. The molecule has 1 heterocycles. The van der Waals surface area contributed by atoms with Gasteiger partial charge in [0.05, 0.1) is 9.04 Å². The van der Waals surface area contributed by atoms with Crippen LogP contribution in [0.25, 0.3) is 0 Å². The first-order valence-electron chi connectivity index (χ1n) is 5.16. The molecule has 60 valence electrons. The molecule has 0 aliphatic carbocycles. The van der Waals surface area contributed by atoms with Crippen LogP contribution in [0, 0.1) is 0 Å². The fraction of sp³-hybridized carbons (Fsp3) is 0.333. The fourth-order valence-corrected chi connectivity index (χ4v) is 0.443. The molecule has 1 atom stereocenters. The Morgan fingerprint density at radius 1 is 2.27 bits per heavy atom. The lowest BCUT2D eigenvalue weighted by Gasteiger charge is -2.02. The molecule has 0 saturated heterocycles. The normalized spacial score (nSPS) is 23.5. The second-order valence-corrected chi connectivity index (χ2v) is 1.68. The van der Waals surface area contributed by atoms with E-state index >= 15 is 0 Å². The van der Waals surface area contributed by atoms with Crippen LogP contribution >= 0.6 is 0 Å². The number of nitrogens with zero attached hydrogens (tertiary/aromatic N) is 1.